The van der Waals surface area contributed by atoms with E-state index in [4.69, 9.17) is 11.6 Å². The number of pyridine rings is 2. The number of hydrogen-bond acceptors (Lipinski definition) is 2. The van der Waals surface area contributed by atoms with Gasteiger partial charge in [-0.1, -0.05) is 17.7 Å². The number of aromatic nitrogens is 2. The summed E-state index contributed by atoms with van der Waals surface area (Å²) in [6.07, 6.45) is -2.36. The van der Waals surface area contributed by atoms with Crippen molar-refractivity contribution in [3.05, 3.63) is 58.7 Å². The van der Waals surface area contributed by atoms with Gasteiger partial charge in [0.1, 0.15) is 5.49 Å². The average molecular weight is 334 g/mol. The first-order valence-electron chi connectivity index (χ1n) is 5.88. The van der Waals surface area contributed by atoms with Crippen LogP contribution in [-0.2, 0) is 11.3 Å². The molecule has 0 saturated heterocycles. The van der Waals surface area contributed by atoms with E-state index in [9.17, 15) is 22.4 Å². The van der Waals surface area contributed by atoms with Gasteiger partial charge in [-0.3, -0.25) is 4.79 Å². The molecule has 0 aliphatic carbocycles. The van der Waals surface area contributed by atoms with E-state index in [1.165, 1.54) is 35.2 Å². The van der Waals surface area contributed by atoms with Crippen LogP contribution in [0.3, 0.4) is 0 Å². The van der Waals surface area contributed by atoms with E-state index in [1.54, 1.807) is 0 Å². The summed E-state index contributed by atoms with van der Waals surface area (Å²) in [6.45, 7) is -0.0219. The molecule has 1 amide bonds. The number of halogens is 5. The highest BCUT2D eigenvalue weighted by Crippen LogP contribution is 2.16. The number of carbonyl (C=O) groups is 1. The van der Waals surface area contributed by atoms with Gasteiger partial charge < -0.3 is 4.57 Å². The first-order valence-corrected chi connectivity index (χ1v) is 6.26. The highest BCUT2D eigenvalue weighted by molar-refractivity contribution is 6.29. The molecule has 2 heterocycles. The maximum absolute atomic E-state index is 13.3. The monoisotopic (exact) mass is 333 g/mol. The lowest BCUT2D eigenvalue weighted by molar-refractivity contribution is -0.169. The SMILES string of the molecule is O=C(/N=c1/ccccn1Cc1cnc(Cl)c(F)c1)C(F)(F)F. The van der Waals surface area contributed by atoms with Gasteiger partial charge in [-0.05, 0) is 23.8 Å². The summed E-state index contributed by atoms with van der Waals surface area (Å²) in [4.78, 5) is 17.6. The van der Waals surface area contributed by atoms with Gasteiger partial charge in [-0.25, -0.2) is 9.37 Å². The molecule has 116 valence electrons. The fraction of sp³-hybridized carbons (Fsp3) is 0.154. The smallest absolute Gasteiger partial charge is 0.328 e. The van der Waals surface area contributed by atoms with E-state index >= 15 is 0 Å². The molecule has 9 heteroatoms. The van der Waals surface area contributed by atoms with E-state index in [-0.39, 0.29) is 17.2 Å². The van der Waals surface area contributed by atoms with E-state index < -0.39 is 17.9 Å². The van der Waals surface area contributed by atoms with Crippen LogP contribution < -0.4 is 5.49 Å². The van der Waals surface area contributed by atoms with Crippen LogP contribution in [0.1, 0.15) is 5.56 Å². The van der Waals surface area contributed by atoms with Gasteiger partial charge in [-0.2, -0.15) is 18.2 Å². The molecule has 2 aromatic rings. The number of hydrogen-bond donors (Lipinski definition) is 0. The minimum atomic E-state index is -5.05. The Labute approximate surface area is 126 Å². The van der Waals surface area contributed by atoms with Gasteiger partial charge in [0.05, 0.1) is 6.54 Å². The Morgan fingerprint density at radius 1 is 1.36 bits per heavy atom. The molecule has 0 aromatic carbocycles. The largest absolute Gasteiger partial charge is 0.473 e. The Morgan fingerprint density at radius 2 is 2.09 bits per heavy atom. The van der Waals surface area contributed by atoms with E-state index in [1.807, 2.05) is 0 Å². The zero-order valence-electron chi connectivity index (χ0n) is 10.8. The van der Waals surface area contributed by atoms with Crippen LogP contribution in [-0.4, -0.2) is 21.6 Å². The van der Waals surface area contributed by atoms with Gasteiger partial charge >= 0.3 is 12.1 Å². The first-order chi connectivity index (χ1) is 10.3. The van der Waals surface area contributed by atoms with Crippen LogP contribution >= 0.6 is 11.6 Å². The number of nitrogens with zero attached hydrogens (tertiary/aromatic N) is 3. The molecule has 0 fully saturated rings. The Kier molecular flexibility index (Phi) is 4.60. The van der Waals surface area contributed by atoms with Crippen molar-refractivity contribution >= 4 is 17.5 Å². The third-order valence-electron chi connectivity index (χ3n) is 2.58. The highest BCUT2D eigenvalue weighted by atomic mass is 35.5. The Balaban J connectivity index is 2.38. The zero-order chi connectivity index (χ0) is 16.3. The van der Waals surface area contributed by atoms with Crippen molar-refractivity contribution in [2.24, 2.45) is 4.99 Å². The summed E-state index contributed by atoms with van der Waals surface area (Å²) >= 11 is 5.45. The highest BCUT2D eigenvalue weighted by Gasteiger charge is 2.38. The lowest BCUT2D eigenvalue weighted by Crippen LogP contribution is -2.27. The molecule has 0 unspecified atom stereocenters. The summed E-state index contributed by atoms with van der Waals surface area (Å²) in [5.41, 5.74) is 0.147. The Morgan fingerprint density at radius 3 is 2.73 bits per heavy atom. The van der Waals surface area contributed by atoms with Crippen molar-refractivity contribution in [3.63, 3.8) is 0 Å². The van der Waals surface area contributed by atoms with Crippen molar-refractivity contribution in [3.8, 4) is 0 Å². The number of amides is 1. The number of carbonyl (C=O) groups excluding carboxylic acids is 1. The maximum Gasteiger partial charge on any atom is 0.473 e. The third-order valence-corrected chi connectivity index (χ3v) is 2.86. The molecule has 22 heavy (non-hydrogen) atoms. The van der Waals surface area contributed by atoms with Crippen LogP contribution in [0.25, 0.3) is 0 Å². The quantitative estimate of drug-likeness (QED) is 0.626. The van der Waals surface area contributed by atoms with Gasteiger partial charge in [0.15, 0.2) is 11.0 Å². The lowest BCUT2D eigenvalue weighted by Gasteiger charge is -2.08. The lowest BCUT2D eigenvalue weighted by atomic mass is 10.2. The number of alkyl halides is 3. The van der Waals surface area contributed by atoms with Gasteiger partial charge in [0.25, 0.3) is 0 Å². The van der Waals surface area contributed by atoms with Crippen molar-refractivity contribution in [2.45, 2.75) is 12.7 Å². The summed E-state index contributed by atoms with van der Waals surface area (Å²) < 4.78 is 51.4. The van der Waals surface area contributed by atoms with Crippen LogP contribution in [0, 0.1) is 5.82 Å². The predicted molar refractivity (Wildman–Crippen MR) is 69.4 cm³/mol. The van der Waals surface area contributed by atoms with E-state index in [2.05, 4.69) is 9.98 Å². The molecular weight excluding hydrogens is 326 g/mol. The predicted octanol–water partition coefficient (Wildman–Crippen LogP) is 2.71. The average Bonchev–Trinajstić information content (AvgIpc) is 2.44. The molecule has 0 N–H and O–H groups in total. The summed E-state index contributed by atoms with van der Waals surface area (Å²) in [6, 6.07) is 5.31. The standard InChI is InChI=1S/C13H8ClF4N3O/c14-11-9(15)5-8(6-19-11)7-21-4-2-1-3-10(21)20-12(22)13(16,17)18/h1-6H,7H2/b20-10-. The molecule has 0 radical (unpaired) electrons. The fourth-order valence-corrected chi connectivity index (χ4v) is 1.72. The van der Waals surface area contributed by atoms with Crippen LogP contribution in [0.15, 0.2) is 41.7 Å². The van der Waals surface area contributed by atoms with Gasteiger partial charge in [0, 0.05) is 12.4 Å². The van der Waals surface area contributed by atoms with Gasteiger partial charge in [-0.15, -0.1) is 0 Å². The summed E-state index contributed by atoms with van der Waals surface area (Å²) in [7, 11) is 0. The molecule has 2 aromatic heterocycles. The molecular formula is C13H8ClF4N3O. The molecule has 0 spiro atoms. The number of rotatable bonds is 2. The second kappa shape index (κ2) is 6.27. The minimum absolute atomic E-state index is 0.0219. The molecule has 0 aliphatic heterocycles. The normalized spacial score (nSPS) is 12.5. The van der Waals surface area contributed by atoms with E-state index in [0.717, 1.165) is 6.07 Å². The molecule has 0 aliphatic rings. The van der Waals surface area contributed by atoms with Crippen molar-refractivity contribution < 1.29 is 22.4 Å². The molecule has 2 rings (SSSR count). The second-order valence-electron chi connectivity index (χ2n) is 4.22. The Bertz CT molecular complexity index is 770. The molecule has 0 atom stereocenters. The molecule has 4 nitrogen and oxygen atoms in total. The fourth-order valence-electron chi connectivity index (χ4n) is 1.61. The molecule has 0 saturated carbocycles. The molecule has 0 bridgehead atoms. The van der Waals surface area contributed by atoms with Crippen LogP contribution in [0.2, 0.25) is 5.15 Å². The van der Waals surface area contributed by atoms with Gasteiger partial charge in [0.2, 0.25) is 0 Å². The first kappa shape index (κ1) is 16.2. The van der Waals surface area contributed by atoms with Crippen molar-refractivity contribution in [1.82, 2.24) is 9.55 Å². The minimum Gasteiger partial charge on any atom is -0.328 e. The zero-order valence-corrected chi connectivity index (χ0v) is 11.6. The summed E-state index contributed by atoms with van der Waals surface area (Å²) in [5, 5.41) is -0.307. The Hall–Kier alpha value is -2.22. The topological polar surface area (TPSA) is 47.2 Å². The third kappa shape index (κ3) is 3.91. The maximum atomic E-state index is 13.3. The van der Waals surface area contributed by atoms with Crippen molar-refractivity contribution in [1.29, 1.82) is 0 Å². The van der Waals surface area contributed by atoms with E-state index in [0.29, 0.717) is 5.56 Å². The van der Waals surface area contributed by atoms with Crippen LogP contribution in [0.4, 0.5) is 17.6 Å². The van der Waals surface area contributed by atoms with Crippen molar-refractivity contribution in [2.75, 3.05) is 0 Å². The summed E-state index contributed by atoms with van der Waals surface area (Å²) in [5.74, 6) is -2.96. The second-order valence-corrected chi connectivity index (χ2v) is 4.58. The van der Waals surface area contributed by atoms with Crippen LogP contribution in [0.5, 0.6) is 0 Å².